The van der Waals surface area contributed by atoms with E-state index in [1.165, 1.54) is 19.2 Å². The van der Waals surface area contributed by atoms with Crippen LogP contribution in [0, 0.1) is 6.92 Å². The lowest BCUT2D eigenvalue weighted by atomic mass is 10.1. The number of amides is 1. The first-order chi connectivity index (χ1) is 13.3. The van der Waals surface area contributed by atoms with E-state index in [9.17, 15) is 18.0 Å². The maximum absolute atomic E-state index is 12.8. The molecule has 9 heteroatoms. The van der Waals surface area contributed by atoms with Crippen molar-refractivity contribution in [2.75, 3.05) is 44.8 Å². The third-order valence-corrected chi connectivity index (χ3v) is 4.54. The summed E-state index contributed by atoms with van der Waals surface area (Å²) in [5.41, 5.74) is 0.533. The number of benzene rings is 1. The number of halogens is 3. The summed E-state index contributed by atoms with van der Waals surface area (Å²) < 4.78 is 43.2. The van der Waals surface area contributed by atoms with Crippen LogP contribution in [0.2, 0.25) is 0 Å². The van der Waals surface area contributed by atoms with Gasteiger partial charge >= 0.3 is 6.18 Å². The van der Waals surface area contributed by atoms with Crippen molar-refractivity contribution in [1.29, 1.82) is 0 Å². The Morgan fingerprint density at radius 2 is 1.75 bits per heavy atom. The largest absolute Gasteiger partial charge is 0.416 e. The van der Waals surface area contributed by atoms with Crippen LogP contribution in [0.5, 0.6) is 0 Å². The number of carbonyl (C=O) groups is 1. The molecule has 0 bridgehead atoms. The molecule has 0 atom stereocenters. The minimum absolute atomic E-state index is 0.0496. The maximum Gasteiger partial charge on any atom is 0.416 e. The lowest BCUT2D eigenvalue weighted by Gasteiger charge is -2.35. The van der Waals surface area contributed by atoms with Crippen LogP contribution < -0.4 is 4.90 Å². The molecule has 1 aromatic heterocycles. The molecule has 1 aliphatic heterocycles. The number of carbonyl (C=O) groups excluding carboxylic acids is 1. The smallest absolute Gasteiger partial charge is 0.375 e. The molecule has 1 aromatic carbocycles. The SMILES string of the molecule is COCC(=O)N1CCN(c2cc(C)nc(-c3ccc(C(F)(F)F)cc3)n2)CC1. The number of piperazine rings is 1. The van der Waals surface area contributed by atoms with Gasteiger partial charge in [-0.25, -0.2) is 9.97 Å². The van der Waals surface area contributed by atoms with Crippen LogP contribution in [0.3, 0.4) is 0 Å². The van der Waals surface area contributed by atoms with Crippen LogP contribution in [0.15, 0.2) is 30.3 Å². The van der Waals surface area contributed by atoms with Crippen molar-refractivity contribution in [1.82, 2.24) is 14.9 Å². The van der Waals surface area contributed by atoms with Crippen LogP contribution >= 0.6 is 0 Å². The van der Waals surface area contributed by atoms with Gasteiger partial charge in [0.05, 0.1) is 5.56 Å². The molecule has 1 fully saturated rings. The summed E-state index contributed by atoms with van der Waals surface area (Å²) in [6, 6.07) is 6.65. The highest BCUT2D eigenvalue weighted by Gasteiger charge is 2.30. The predicted octanol–water partition coefficient (Wildman–Crippen LogP) is 2.77. The number of hydrogen-bond acceptors (Lipinski definition) is 5. The Balaban J connectivity index is 1.76. The second-order valence-electron chi connectivity index (χ2n) is 6.57. The third-order valence-electron chi connectivity index (χ3n) is 4.54. The Hall–Kier alpha value is -2.68. The first-order valence-electron chi connectivity index (χ1n) is 8.83. The van der Waals surface area contributed by atoms with Crippen molar-refractivity contribution in [3.05, 3.63) is 41.6 Å². The van der Waals surface area contributed by atoms with Crippen LogP contribution in [0.25, 0.3) is 11.4 Å². The molecule has 0 unspecified atom stereocenters. The summed E-state index contributed by atoms with van der Waals surface area (Å²) >= 11 is 0. The zero-order valence-electron chi connectivity index (χ0n) is 15.7. The molecule has 28 heavy (non-hydrogen) atoms. The van der Waals surface area contributed by atoms with E-state index in [0.29, 0.717) is 43.4 Å². The van der Waals surface area contributed by atoms with Gasteiger partial charge < -0.3 is 14.5 Å². The van der Waals surface area contributed by atoms with Gasteiger partial charge in [0.15, 0.2) is 5.82 Å². The predicted molar refractivity (Wildman–Crippen MR) is 97.9 cm³/mol. The van der Waals surface area contributed by atoms with Gasteiger partial charge in [0, 0.05) is 50.6 Å². The summed E-state index contributed by atoms with van der Waals surface area (Å²) in [5, 5.41) is 0. The number of hydrogen-bond donors (Lipinski definition) is 0. The molecule has 2 heterocycles. The molecule has 2 aromatic rings. The molecular weight excluding hydrogens is 373 g/mol. The lowest BCUT2D eigenvalue weighted by Crippen LogP contribution is -2.50. The van der Waals surface area contributed by atoms with Crippen LogP contribution in [-0.4, -0.2) is 60.7 Å². The van der Waals surface area contributed by atoms with Gasteiger partial charge in [-0.15, -0.1) is 0 Å². The average molecular weight is 394 g/mol. The Morgan fingerprint density at radius 1 is 1.11 bits per heavy atom. The molecule has 1 saturated heterocycles. The van der Waals surface area contributed by atoms with Crippen LogP contribution in [-0.2, 0) is 15.7 Å². The minimum atomic E-state index is -4.38. The number of aromatic nitrogens is 2. The van der Waals surface area contributed by atoms with Crippen molar-refractivity contribution in [3.63, 3.8) is 0 Å². The zero-order chi connectivity index (χ0) is 20.3. The Kier molecular flexibility index (Phi) is 5.83. The number of rotatable bonds is 4. The highest BCUT2D eigenvalue weighted by Crippen LogP contribution is 2.30. The van der Waals surface area contributed by atoms with E-state index >= 15 is 0 Å². The van der Waals surface area contributed by atoms with E-state index in [0.717, 1.165) is 17.8 Å². The number of alkyl halides is 3. The fraction of sp³-hybridized carbons (Fsp3) is 0.421. The summed E-state index contributed by atoms with van der Waals surface area (Å²) in [6.45, 7) is 4.21. The zero-order valence-corrected chi connectivity index (χ0v) is 15.7. The second-order valence-corrected chi connectivity index (χ2v) is 6.57. The normalized spacial score (nSPS) is 15.0. The highest BCUT2D eigenvalue weighted by molar-refractivity contribution is 5.77. The molecule has 150 valence electrons. The molecule has 0 radical (unpaired) electrons. The summed E-state index contributed by atoms with van der Waals surface area (Å²) in [5.74, 6) is 1.02. The molecule has 0 saturated carbocycles. The van der Waals surface area contributed by atoms with Gasteiger partial charge in [0.1, 0.15) is 12.4 Å². The van der Waals surface area contributed by atoms with Gasteiger partial charge in [-0.2, -0.15) is 13.2 Å². The van der Waals surface area contributed by atoms with Crippen molar-refractivity contribution in [3.8, 4) is 11.4 Å². The fourth-order valence-corrected chi connectivity index (χ4v) is 3.05. The van der Waals surface area contributed by atoms with Gasteiger partial charge in [0.2, 0.25) is 5.91 Å². The van der Waals surface area contributed by atoms with Crippen molar-refractivity contribution in [2.24, 2.45) is 0 Å². The molecule has 1 aliphatic rings. The second kappa shape index (κ2) is 8.14. The van der Waals surface area contributed by atoms with Crippen LogP contribution in [0.1, 0.15) is 11.3 Å². The average Bonchev–Trinajstić information content (AvgIpc) is 2.67. The topological polar surface area (TPSA) is 58.6 Å². The molecule has 0 N–H and O–H groups in total. The number of nitrogens with zero attached hydrogens (tertiary/aromatic N) is 4. The monoisotopic (exact) mass is 394 g/mol. The third kappa shape index (κ3) is 4.59. The van der Waals surface area contributed by atoms with E-state index in [1.54, 1.807) is 4.90 Å². The number of methoxy groups -OCH3 is 1. The first kappa shape index (κ1) is 20.1. The first-order valence-corrected chi connectivity index (χ1v) is 8.83. The summed E-state index contributed by atoms with van der Waals surface area (Å²) in [6.07, 6.45) is -4.38. The number of aryl methyl sites for hydroxylation is 1. The van der Waals surface area contributed by atoms with E-state index in [2.05, 4.69) is 9.97 Å². The van der Waals surface area contributed by atoms with Crippen LogP contribution in [0.4, 0.5) is 19.0 Å². The molecule has 3 rings (SSSR count). The Bertz CT molecular complexity index is 832. The van der Waals surface area contributed by atoms with Crippen molar-refractivity contribution < 1.29 is 22.7 Å². The maximum atomic E-state index is 12.8. The molecule has 6 nitrogen and oxygen atoms in total. The molecule has 0 spiro atoms. The molecule has 0 aliphatic carbocycles. The van der Waals surface area contributed by atoms with Gasteiger partial charge in [-0.1, -0.05) is 12.1 Å². The number of ether oxygens (including phenoxy) is 1. The van der Waals surface area contributed by atoms with Crippen molar-refractivity contribution >= 4 is 11.7 Å². The summed E-state index contributed by atoms with van der Waals surface area (Å²) in [7, 11) is 1.49. The molecule has 1 amide bonds. The fourth-order valence-electron chi connectivity index (χ4n) is 3.05. The summed E-state index contributed by atoms with van der Waals surface area (Å²) in [4.78, 5) is 24.6. The minimum Gasteiger partial charge on any atom is -0.375 e. The standard InChI is InChI=1S/C19H21F3N4O2/c1-13-11-16(25-7-9-26(10-8-25)17(27)12-28-2)24-18(23-13)14-3-5-15(6-4-14)19(20,21)22/h3-6,11H,7-10,12H2,1-2H3. The van der Waals surface area contributed by atoms with Crippen molar-refractivity contribution in [2.45, 2.75) is 13.1 Å². The number of anilines is 1. The Morgan fingerprint density at radius 3 is 2.32 bits per heavy atom. The Labute approximate surface area is 160 Å². The molecular formula is C19H21F3N4O2. The van der Waals surface area contributed by atoms with E-state index in [-0.39, 0.29) is 12.5 Å². The highest BCUT2D eigenvalue weighted by atomic mass is 19.4. The van der Waals surface area contributed by atoms with E-state index in [4.69, 9.17) is 4.74 Å². The van der Waals surface area contributed by atoms with E-state index < -0.39 is 11.7 Å². The van der Waals surface area contributed by atoms with Gasteiger partial charge in [-0.3, -0.25) is 4.79 Å². The van der Waals surface area contributed by atoms with Gasteiger partial charge in [-0.05, 0) is 19.1 Å². The quantitative estimate of drug-likeness (QED) is 0.798. The van der Waals surface area contributed by atoms with E-state index in [1.807, 2.05) is 17.9 Å². The van der Waals surface area contributed by atoms with Gasteiger partial charge in [0.25, 0.3) is 0 Å². The lowest BCUT2D eigenvalue weighted by molar-refractivity contribution is -0.137.